The van der Waals surface area contributed by atoms with Crippen molar-refractivity contribution in [3.05, 3.63) is 89.4 Å². The highest BCUT2D eigenvalue weighted by molar-refractivity contribution is 5.91. The third kappa shape index (κ3) is 7.20. The largest absolute Gasteiger partial charge is 0.497 e. The van der Waals surface area contributed by atoms with Gasteiger partial charge in [-0.05, 0) is 61.3 Å². The lowest BCUT2D eigenvalue weighted by molar-refractivity contribution is 0.0914. The van der Waals surface area contributed by atoms with Gasteiger partial charge in [-0.25, -0.2) is 0 Å². The van der Waals surface area contributed by atoms with Gasteiger partial charge in [-0.15, -0.1) is 0 Å². The van der Waals surface area contributed by atoms with Crippen LogP contribution in [0.15, 0.2) is 71.1 Å². The highest BCUT2D eigenvalue weighted by atomic mass is 16.5. The number of benzene rings is 2. The molecule has 0 saturated carbocycles. The summed E-state index contributed by atoms with van der Waals surface area (Å²) >= 11 is 0. The Morgan fingerprint density at radius 1 is 0.941 bits per heavy atom. The molecular weight excluding hydrogens is 426 g/mol. The molecule has 1 amide bonds. The van der Waals surface area contributed by atoms with E-state index in [9.17, 15) is 4.79 Å². The van der Waals surface area contributed by atoms with E-state index in [1.165, 1.54) is 24.8 Å². The molecule has 0 atom stereocenters. The van der Waals surface area contributed by atoms with Gasteiger partial charge in [0.05, 0.1) is 13.7 Å². The van der Waals surface area contributed by atoms with Crippen LogP contribution in [0.3, 0.4) is 0 Å². The molecule has 1 aliphatic rings. The number of hydrogen-bond donors (Lipinski definition) is 1. The minimum absolute atomic E-state index is 0.148. The van der Waals surface area contributed by atoms with Crippen molar-refractivity contribution in [1.29, 1.82) is 0 Å². The molecule has 6 heteroatoms. The van der Waals surface area contributed by atoms with Gasteiger partial charge in [0.15, 0.2) is 5.76 Å². The van der Waals surface area contributed by atoms with E-state index in [-0.39, 0.29) is 5.91 Å². The Hall–Kier alpha value is -3.09. The minimum atomic E-state index is -0.148. The molecule has 2 heterocycles. The van der Waals surface area contributed by atoms with Crippen LogP contribution in [0.25, 0.3) is 0 Å². The van der Waals surface area contributed by atoms with E-state index in [0.29, 0.717) is 18.8 Å². The maximum absolute atomic E-state index is 12.6. The second-order valence-corrected chi connectivity index (χ2v) is 8.91. The summed E-state index contributed by atoms with van der Waals surface area (Å²) in [5.41, 5.74) is 2.39. The molecular formula is C28H35N3O3. The Balaban J connectivity index is 1.37. The Morgan fingerprint density at radius 2 is 1.71 bits per heavy atom. The zero-order valence-corrected chi connectivity index (χ0v) is 20.0. The van der Waals surface area contributed by atoms with Crippen molar-refractivity contribution >= 4 is 5.91 Å². The number of amides is 1. The first kappa shape index (κ1) is 24.0. The monoisotopic (exact) mass is 461 g/mol. The second-order valence-electron chi connectivity index (χ2n) is 8.91. The SMILES string of the molecule is COc1cccc(CN(Cc2ccccc2)Cc2ccc(C(=O)NCCN3CCCCC3)o2)c1. The molecule has 1 saturated heterocycles. The number of ether oxygens (including phenoxy) is 1. The predicted octanol–water partition coefficient (Wildman–Crippen LogP) is 4.71. The topological polar surface area (TPSA) is 58.0 Å². The summed E-state index contributed by atoms with van der Waals surface area (Å²) in [6.45, 7) is 5.92. The van der Waals surface area contributed by atoms with Crippen LogP contribution in [-0.2, 0) is 19.6 Å². The van der Waals surface area contributed by atoms with Crippen molar-refractivity contribution in [2.45, 2.75) is 38.9 Å². The van der Waals surface area contributed by atoms with Gasteiger partial charge in [0, 0.05) is 26.2 Å². The maximum Gasteiger partial charge on any atom is 0.287 e. The minimum Gasteiger partial charge on any atom is -0.497 e. The average molecular weight is 462 g/mol. The van der Waals surface area contributed by atoms with Crippen molar-refractivity contribution in [1.82, 2.24) is 15.1 Å². The van der Waals surface area contributed by atoms with Crippen LogP contribution in [-0.4, -0.2) is 49.0 Å². The molecule has 0 bridgehead atoms. The molecule has 3 aromatic rings. The third-order valence-corrected chi connectivity index (χ3v) is 6.22. The lowest BCUT2D eigenvalue weighted by atomic mass is 10.1. The van der Waals surface area contributed by atoms with Gasteiger partial charge in [-0.3, -0.25) is 9.69 Å². The molecule has 0 unspecified atom stereocenters. The van der Waals surface area contributed by atoms with Crippen molar-refractivity contribution < 1.29 is 13.9 Å². The molecule has 1 aromatic heterocycles. The summed E-state index contributed by atoms with van der Waals surface area (Å²) in [6, 6.07) is 22.2. The molecule has 180 valence electrons. The van der Waals surface area contributed by atoms with Gasteiger partial charge >= 0.3 is 0 Å². The van der Waals surface area contributed by atoms with Crippen LogP contribution in [0, 0.1) is 0 Å². The highest BCUT2D eigenvalue weighted by Crippen LogP contribution is 2.19. The number of hydrogen-bond acceptors (Lipinski definition) is 5. The average Bonchev–Trinajstić information content (AvgIpc) is 3.34. The fourth-order valence-corrected chi connectivity index (χ4v) is 4.44. The van der Waals surface area contributed by atoms with Crippen LogP contribution in [0.5, 0.6) is 5.75 Å². The zero-order valence-electron chi connectivity index (χ0n) is 20.0. The quantitative estimate of drug-likeness (QED) is 0.448. The summed E-state index contributed by atoms with van der Waals surface area (Å²) in [5.74, 6) is 1.85. The van der Waals surface area contributed by atoms with Gasteiger partial charge in [0.2, 0.25) is 0 Å². The maximum atomic E-state index is 12.6. The molecule has 1 fully saturated rings. The van der Waals surface area contributed by atoms with E-state index in [4.69, 9.17) is 9.15 Å². The van der Waals surface area contributed by atoms with Crippen molar-refractivity contribution in [3.8, 4) is 5.75 Å². The summed E-state index contributed by atoms with van der Waals surface area (Å²) in [6.07, 6.45) is 3.83. The Bertz CT molecular complexity index is 1030. The van der Waals surface area contributed by atoms with E-state index < -0.39 is 0 Å². The molecule has 2 aromatic carbocycles. The van der Waals surface area contributed by atoms with Gasteiger partial charge in [0.1, 0.15) is 11.5 Å². The summed E-state index contributed by atoms with van der Waals surface area (Å²) in [5, 5.41) is 3.00. The number of carbonyl (C=O) groups is 1. The molecule has 0 aliphatic carbocycles. The molecule has 6 nitrogen and oxygen atoms in total. The van der Waals surface area contributed by atoms with Crippen LogP contribution in [0.2, 0.25) is 0 Å². The standard InChI is InChI=1S/C28H35N3O3/c1-33-25-12-8-11-24(19-25)21-31(20-23-9-4-2-5-10-23)22-26-13-14-27(34-26)28(32)29-15-18-30-16-6-3-7-17-30/h2,4-5,8-14,19H,3,6-7,15-18,20-22H2,1H3,(H,29,32). The number of piperidine rings is 1. The van der Waals surface area contributed by atoms with Crippen molar-refractivity contribution in [3.63, 3.8) is 0 Å². The van der Waals surface area contributed by atoms with E-state index in [1.54, 1.807) is 13.2 Å². The van der Waals surface area contributed by atoms with Crippen LogP contribution in [0.4, 0.5) is 0 Å². The van der Waals surface area contributed by atoms with E-state index in [0.717, 1.165) is 49.8 Å². The first-order chi connectivity index (χ1) is 16.7. The van der Waals surface area contributed by atoms with Gasteiger partial charge < -0.3 is 19.4 Å². The van der Waals surface area contributed by atoms with Crippen molar-refractivity contribution in [2.24, 2.45) is 0 Å². The van der Waals surface area contributed by atoms with Crippen LogP contribution < -0.4 is 10.1 Å². The summed E-state index contributed by atoms with van der Waals surface area (Å²) in [7, 11) is 1.68. The molecule has 0 radical (unpaired) electrons. The molecule has 4 rings (SSSR count). The van der Waals surface area contributed by atoms with Crippen molar-refractivity contribution in [2.75, 3.05) is 33.3 Å². The number of nitrogens with zero attached hydrogens (tertiary/aromatic N) is 2. The Kier molecular flexibility index (Phi) is 8.77. The smallest absolute Gasteiger partial charge is 0.287 e. The summed E-state index contributed by atoms with van der Waals surface area (Å²) in [4.78, 5) is 17.3. The first-order valence-corrected chi connectivity index (χ1v) is 12.2. The van der Waals surface area contributed by atoms with Gasteiger partial charge in [-0.2, -0.15) is 0 Å². The third-order valence-electron chi connectivity index (χ3n) is 6.22. The van der Waals surface area contributed by atoms with Crippen LogP contribution >= 0.6 is 0 Å². The first-order valence-electron chi connectivity index (χ1n) is 12.2. The number of rotatable bonds is 11. The number of methoxy groups -OCH3 is 1. The van der Waals surface area contributed by atoms with E-state index in [2.05, 4.69) is 51.5 Å². The number of likely N-dealkylation sites (tertiary alicyclic amines) is 1. The normalized spacial score (nSPS) is 14.3. The molecule has 34 heavy (non-hydrogen) atoms. The lowest BCUT2D eigenvalue weighted by Gasteiger charge is -2.26. The van der Waals surface area contributed by atoms with Gasteiger partial charge in [-0.1, -0.05) is 48.9 Å². The lowest BCUT2D eigenvalue weighted by Crippen LogP contribution is -2.37. The van der Waals surface area contributed by atoms with E-state index >= 15 is 0 Å². The molecule has 0 spiro atoms. The van der Waals surface area contributed by atoms with Gasteiger partial charge in [0.25, 0.3) is 5.91 Å². The predicted molar refractivity (Wildman–Crippen MR) is 134 cm³/mol. The second kappa shape index (κ2) is 12.4. The Morgan fingerprint density at radius 3 is 2.50 bits per heavy atom. The Labute approximate surface area is 202 Å². The number of furan rings is 1. The number of carbonyl (C=O) groups excluding carboxylic acids is 1. The fourth-order valence-electron chi connectivity index (χ4n) is 4.44. The van der Waals surface area contributed by atoms with Crippen LogP contribution in [0.1, 0.15) is 46.7 Å². The van der Waals surface area contributed by atoms with E-state index in [1.807, 2.05) is 24.3 Å². The highest BCUT2D eigenvalue weighted by Gasteiger charge is 2.16. The molecule has 1 aliphatic heterocycles. The summed E-state index contributed by atoms with van der Waals surface area (Å²) < 4.78 is 11.3. The fraction of sp³-hybridized carbons (Fsp3) is 0.393. The number of nitrogens with one attached hydrogen (secondary N) is 1. The zero-order chi connectivity index (χ0) is 23.6. The molecule has 1 N–H and O–H groups in total.